The summed E-state index contributed by atoms with van der Waals surface area (Å²) in [6, 6.07) is 5.71. The number of ether oxygens (including phenoxy) is 1. The number of fused-ring (bicyclic) bond motifs is 1. The predicted octanol–water partition coefficient (Wildman–Crippen LogP) is 2.57. The van der Waals surface area contributed by atoms with Crippen LogP contribution >= 0.6 is 0 Å². The maximum Gasteiger partial charge on any atom is 0.263 e. The van der Waals surface area contributed by atoms with Crippen molar-refractivity contribution >= 4 is 21.6 Å². The lowest BCUT2D eigenvalue weighted by Gasteiger charge is -2.35. The molecule has 1 atom stereocenters. The Hall–Kier alpha value is -1.76. The maximum absolute atomic E-state index is 12.6. The van der Waals surface area contributed by atoms with E-state index in [1.807, 2.05) is 12.1 Å². The van der Waals surface area contributed by atoms with Crippen molar-refractivity contribution in [3.8, 4) is 5.75 Å². The fourth-order valence-corrected chi connectivity index (χ4v) is 4.44. The molecule has 1 unspecified atom stereocenters. The molecular formula is C19H28N2O4S. The van der Waals surface area contributed by atoms with E-state index in [0.29, 0.717) is 11.4 Å². The van der Waals surface area contributed by atoms with Crippen LogP contribution in [0.15, 0.2) is 18.2 Å². The molecule has 3 rings (SSSR count). The summed E-state index contributed by atoms with van der Waals surface area (Å²) in [4.78, 5) is 12.6. The molecule has 7 heteroatoms. The van der Waals surface area contributed by atoms with Crippen LogP contribution in [0.2, 0.25) is 0 Å². The molecule has 0 aromatic heterocycles. The lowest BCUT2D eigenvalue weighted by molar-refractivity contribution is -0.128. The number of nitrogens with zero attached hydrogens (tertiary/aromatic N) is 1. The molecule has 0 bridgehead atoms. The Bertz CT molecular complexity index is 792. The zero-order valence-electron chi connectivity index (χ0n) is 15.9. The van der Waals surface area contributed by atoms with Gasteiger partial charge in [0.05, 0.1) is 18.5 Å². The Balaban J connectivity index is 1.90. The van der Waals surface area contributed by atoms with Gasteiger partial charge in [-0.2, -0.15) is 0 Å². The molecule has 26 heavy (non-hydrogen) atoms. The fraction of sp³-hybridized carbons (Fsp3) is 0.632. The predicted molar refractivity (Wildman–Crippen MR) is 102 cm³/mol. The summed E-state index contributed by atoms with van der Waals surface area (Å²) in [6.07, 6.45) is 4.50. The largest absolute Gasteiger partial charge is 0.476 e. The molecule has 1 saturated carbocycles. The summed E-state index contributed by atoms with van der Waals surface area (Å²) in [5.74, 6) is 0.192. The number of hydrogen-bond acceptors (Lipinski definition) is 4. The van der Waals surface area contributed by atoms with Crippen LogP contribution in [0.25, 0.3) is 0 Å². The van der Waals surface area contributed by atoms with Gasteiger partial charge in [-0.25, -0.2) is 8.42 Å². The van der Waals surface area contributed by atoms with Gasteiger partial charge < -0.3 is 10.1 Å². The highest BCUT2D eigenvalue weighted by atomic mass is 32.2. The second-order valence-corrected chi connectivity index (χ2v) is 10.2. The molecule has 1 N–H and O–H groups in total. The number of nitrogens with one attached hydrogen (secondary N) is 1. The number of rotatable bonds is 3. The molecule has 6 nitrogen and oxygen atoms in total. The Morgan fingerprint density at radius 2 is 1.88 bits per heavy atom. The molecule has 1 heterocycles. The van der Waals surface area contributed by atoms with E-state index in [0.717, 1.165) is 37.5 Å². The Morgan fingerprint density at radius 3 is 2.46 bits per heavy atom. The number of carbonyl (C=O) groups is 1. The molecular weight excluding hydrogens is 352 g/mol. The van der Waals surface area contributed by atoms with Gasteiger partial charge in [0.1, 0.15) is 5.75 Å². The van der Waals surface area contributed by atoms with Crippen LogP contribution in [0.3, 0.4) is 0 Å². The van der Waals surface area contributed by atoms with Gasteiger partial charge >= 0.3 is 0 Å². The van der Waals surface area contributed by atoms with Gasteiger partial charge in [0.25, 0.3) is 5.91 Å². The van der Waals surface area contributed by atoms with E-state index >= 15 is 0 Å². The second kappa shape index (κ2) is 6.76. The average Bonchev–Trinajstić information content (AvgIpc) is 3.04. The summed E-state index contributed by atoms with van der Waals surface area (Å²) in [5.41, 5.74) is 1.40. The third-order valence-electron chi connectivity index (χ3n) is 5.09. The third-order valence-corrected chi connectivity index (χ3v) is 6.24. The molecule has 1 aromatic rings. The standard InChI is InChI=1S/C19H28N2O4S/c1-19(2,3)13-9-10-16-15(11-13)21(26(4,23)24)12-17(25-16)18(22)20-14-7-5-6-8-14/h9-11,14,17H,5-8,12H2,1-4H3,(H,20,22). The van der Waals surface area contributed by atoms with Gasteiger partial charge in [-0.3, -0.25) is 9.10 Å². The van der Waals surface area contributed by atoms with Crippen molar-refractivity contribution in [3.63, 3.8) is 0 Å². The summed E-state index contributed by atoms with van der Waals surface area (Å²) in [6.45, 7) is 6.21. The van der Waals surface area contributed by atoms with Crippen molar-refractivity contribution in [2.45, 2.75) is 64.0 Å². The minimum atomic E-state index is -3.52. The van der Waals surface area contributed by atoms with Crippen molar-refractivity contribution in [2.75, 3.05) is 17.1 Å². The van der Waals surface area contributed by atoms with Gasteiger partial charge in [-0.1, -0.05) is 39.7 Å². The van der Waals surface area contributed by atoms with Crippen LogP contribution in [-0.4, -0.2) is 39.3 Å². The van der Waals surface area contributed by atoms with Crippen LogP contribution in [0.5, 0.6) is 5.75 Å². The lowest BCUT2D eigenvalue weighted by atomic mass is 9.86. The van der Waals surface area contributed by atoms with Crippen molar-refractivity contribution in [1.29, 1.82) is 0 Å². The van der Waals surface area contributed by atoms with E-state index in [4.69, 9.17) is 4.74 Å². The van der Waals surface area contributed by atoms with Crippen molar-refractivity contribution < 1.29 is 17.9 Å². The normalized spacial score (nSPS) is 21.2. The van der Waals surface area contributed by atoms with Gasteiger partial charge in [0, 0.05) is 6.04 Å². The van der Waals surface area contributed by atoms with Crippen molar-refractivity contribution in [3.05, 3.63) is 23.8 Å². The first-order chi connectivity index (χ1) is 12.1. The van der Waals surface area contributed by atoms with E-state index in [9.17, 15) is 13.2 Å². The van der Waals surface area contributed by atoms with Crippen LogP contribution < -0.4 is 14.4 Å². The fourth-order valence-electron chi connectivity index (χ4n) is 3.53. The molecule has 144 valence electrons. The lowest BCUT2D eigenvalue weighted by Crippen LogP contribution is -2.52. The van der Waals surface area contributed by atoms with E-state index in [1.54, 1.807) is 6.07 Å². The summed E-state index contributed by atoms with van der Waals surface area (Å²) < 4.78 is 31.9. The van der Waals surface area contributed by atoms with Gasteiger partial charge in [0.15, 0.2) is 6.10 Å². The first kappa shape index (κ1) is 19.0. The molecule has 0 radical (unpaired) electrons. The summed E-state index contributed by atoms with van der Waals surface area (Å²) in [7, 11) is -3.52. The van der Waals surface area contributed by atoms with Crippen LogP contribution in [0.4, 0.5) is 5.69 Å². The second-order valence-electron chi connectivity index (χ2n) is 8.32. The molecule has 0 saturated heterocycles. The topological polar surface area (TPSA) is 75.7 Å². The molecule has 1 aliphatic heterocycles. The number of anilines is 1. The highest BCUT2D eigenvalue weighted by Crippen LogP contribution is 2.38. The zero-order chi connectivity index (χ0) is 19.1. The minimum Gasteiger partial charge on any atom is -0.476 e. The Morgan fingerprint density at radius 1 is 1.23 bits per heavy atom. The summed E-state index contributed by atoms with van der Waals surface area (Å²) >= 11 is 0. The third kappa shape index (κ3) is 3.98. The quantitative estimate of drug-likeness (QED) is 0.874. The Labute approximate surface area is 156 Å². The minimum absolute atomic E-state index is 0.00200. The maximum atomic E-state index is 12.6. The molecule has 1 amide bonds. The first-order valence-electron chi connectivity index (χ1n) is 9.15. The molecule has 0 spiro atoms. The number of sulfonamides is 1. The van der Waals surface area contributed by atoms with Crippen LogP contribution in [0, 0.1) is 0 Å². The van der Waals surface area contributed by atoms with Gasteiger partial charge in [-0.15, -0.1) is 0 Å². The van der Waals surface area contributed by atoms with Gasteiger partial charge in [0.2, 0.25) is 10.0 Å². The molecule has 2 aliphatic rings. The molecule has 1 fully saturated rings. The molecule has 1 aromatic carbocycles. The monoisotopic (exact) mass is 380 g/mol. The number of benzene rings is 1. The number of carbonyl (C=O) groups excluding carboxylic acids is 1. The van der Waals surface area contributed by atoms with E-state index < -0.39 is 16.1 Å². The highest BCUT2D eigenvalue weighted by Gasteiger charge is 2.36. The average molecular weight is 381 g/mol. The van der Waals surface area contributed by atoms with Crippen LogP contribution in [-0.2, 0) is 20.2 Å². The van der Waals surface area contributed by atoms with Gasteiger partial charge in [-0.05, 0) is 36.0 Å². The summed E-state index contributed by atoms with van der Waals surface area (Å²) in [5, 5.41) is 3.00. The van der Waals surface area contributed by atoms with E-state index in [2.05, 4.69) is 26.1 Å². The van der Waals surface area contributed by atoms with E-state index in [-0.39, 0.29) is 23.9 Å². The van der Waals surface area contributed by atoms with Crippen molar-refractivity contribution in [1.82, 2.24) is 5.32 Å². The SMILES string of the molecule is CC(C)(C)c1ccc2c(c1)N(S(C)(=O)=O)CC(C(=O)NC1CCCC1)O2. The van der Waals surface area contributed by atoms with E-state index in [1.165, 1.54) is 4.31 Å². The number of amides is 1. The van der Waals surface area contributed by atoms with Crippen LogP contribution in [0.1, 0.15) is 52.0 Å². The first-order valence-corrected chi connectivity index (χ1v) is 11.0. The smallest absolute Gasteiger partial charge is 0.263 e. The van der Waals surface area contributed by atoms with Crippen molar-refractivity contribution in [2.24, 2.45) is 0 Å². The number of hydrogen-bond donors (Lipinski definition) is 1. The molecule has 1 aliphatic carbocycles. The Kier molecular flexibility index (Phi) is 4.94. The highest BCUT2D eigenvalue weighted by molar-refractivity contribution is 7.92. The zero-order valence-corrected chi connectivity index (χ0v) is 16.7.